The summed E-state index contributed by atoms with van der Waals surface area (Å²) < 4.78 is 14.6. The van der Waals surface area contributed by atoms with Crippen LogP contribution in [-0.4, -0.2) is 138 Å². The molecule has 0 spiro atoms. The van der Waals surface area contributed by atoms with Crippen molar-refractivity contribution in [2.45, 2.75) is 111 Å². The van der Waals surface area contributed by atoms with Crippen LogP contribution in [0.25, 0.3) is 38.9 Å². The lowest BCUT2D eigenvalue weighted by molar-refractivity contribution is -0.155. The molecule has 77 heavy (non-hydrogen) atoms. The first-order valence-corrected chi connectivity index (χ1v) is 25.8. The van der Waals surface area contributed by atoms with E-state index < -0.39 is 47.2 Å². The minimum absolute atomic E-state index is 0. The molecule has 0 radical (unpaired) electrons. The van der Waals surface area contributed by atoms with E-state index in [1.54, 1.807) is 19.1 Å². The second-order valence-electron chi connectivity index (χ2n) is 21.4. The lowest BCUT2D eigenvalue weighted by Crippen LogP contribution is -2.62. The molecule has 4 aliphatic rings. The summed E-state index contributed by atoms with van der Waals surface area (Å²) >= 11 is 0. The summed E-state index contributed by atoms with van der Waals surface area (Å²) in [5.41, 5.74) is 12.9. The smallest absolute Gasteiger partial charge is 0.324 e. The maximum absolute atomic E-state index is 14.8. The molecule has 2 aromatic carbocycles. The molecule has 4 aromatic rings. The van der Waals surface area contributed by atoms with Crippen LogP contribution in [-0.2, 0) is 52.8 Å². The highest BCUT2D eigenvalue weighted by atomic mass is 32.1. The maximum Gasteiger partial charge on any atom is 0.324 e. The number of likely N-dealkylation sites (N-methyl/N-ethyl adjacent to an activating group) is 2. The molecule has 8 rings (SSSR count). The number of benzene rings is 2. The van der Waals surface area contributed by atoms with Crippen molar-refractivity contribution in [3.8, 4) is 22.4 Å². The number of amides is 4. The molecule has 0 saturated carbocycles. The number of cyclic esters (lactones) is 1. The monoisotopic (exact) mass is 1150 g/mol. The standard InChI is InChI=1S/C57H74N8O7.5H2S/c1-11-49(66)63-26-22-41(33-63)54(68)62(9)51(35(3)4)53(67)59-47-28-37-15-13-16-39(27-37)40-18-19-48-43(29-40)45(31-57(6,7)34-72-56(70)46-17-14-23-65(60-46)55(47)69)52(64(48)12-2)44-30-42(32-58-50(44)36(5)71-10)38-20-24-61(8)25-21-38;;;;;/h11,13,15-16,18-20,27,29-30,32,35-36,41,46-47,51,60H,1,12,14,17,21-26,28,31,33-34H2,2-10H3,(H,59,67);5*1H2/t36-,41-,46-,47-,51-;;;;;/m0...../s1. The Hall–Kier alpha value is -4.41. The Bertz CT molecular complexity index is 2790. The van der Waals surface area contributed by atoms with Gasteiger partial charge in [0.2, 0.25) is 17.7 Å². The Labute approximate surface area is 490 Å². The highest BCUT2D eigenvalue weighted by Crippen LogP contribution is 2.43. The first-order valence-electron chi connectivity index (χ1n) is 25.8. The molecule has 0 unspecified atom stereocenters. The Kier molecular flexibility index (Phi) is 24.9. The number of nitrogens with zero attached hydrogens (tertiary/aromatic N) is 6. The summed E-state index contributed by atoms with van der Waals surface area (Å²) in [6.07, 6.45) is 8.38. The number of rotatable bonds is 11. The highest BCUT2D eigenvalue weighted by molar-refractivity contribution is 7.60. The van der Waals surface area contributed by atoms with Gasteiger partial charge in [0.05, 0.1) is 30.0 Å². The van der Waals surface area contributed by atoms with E-state index in [1.165, 1.54) is 21.6 Å². The van der Waals surface area contributed by atoms with E-state index in [2.05, 4.69) is 97.1 Å². The Morgan fingerprint density at radius 1 is 0.987 bits per heavy atom. The normalized spacial score (nSPS) is 20.3. The molecule has 4 aliphatic heterocycles. The lowest BCUT2D eigenvalue weighted by atomic mass is 9.83. The molecule has 4 amide bonds. The predicted molar refractivity (Wildman–Crippen MR) is 332 cm³/mol. The molecular formula is C57H84N8O7S5. The number of likely N-dealkylation sites (tertiary alicyclic amines) is 1. The van der Waals surface area contributed by atoms with Gasteiger partial charge in [-0.15, -0.1) is 0 Å². The van der Waals surface area contributed by atoms with Crippen LogP contribution in [0, 0.1) is 17.3 Å². The number of esters is 1. The number of carbonyl (C=O) groups excluding carboxylic acids is 5. The SMILES string of the molecule is C=CC(=O)N1CC[C@H](C(=O)N(C)[C@H](C(=O)N[C@H]2Cc3cccc(c3)-c3ccc4c(c3)c(c(-c3cc(C5=CCN(C)CC5)cnc3[C@H](C)OC)n4CC)CC(C)(C)COC(=O)[C@@H]3CCCN(N3)C2=O)C(C)C)C1.S.S.S.S.S. The van der Waals surface area contributed by atoms with Crippen molar-refractivity contribution in [1.82, 2.24) is 40.0 Å². The van der Waals surface area contributed by atoms with E-state index in [4.69, 9.17) is 14.5 Å². The van der Waals surface area contributed by atoms with Crippen molar-refractivity contribution in [3.05, 3.63) is 95.8 Å². The number of aryl methyl sites for hydroxylation is 1. The van der Waals surface area contributed by atoms with Crippen LogP contribution in [0.15, 0.2) is 73.5 Å². The summed E-state index contributed by atoms with van der Waals surface area (Å²) in [6.45, 7) is 19.4. The second kappa shape index (κ2) is 28.6. The number of hydrogen-bond donors (Lipinski definition) is 2. The molecule has 20 heteroatoms. The number of ether oxygens (including phenoxy) is 2. The molecule has 424 valence electrons. The minimum Gasteiger partial charge on any atom is -0.464 e. The maximum atomic E-state index is 14.8. The van der Waals surface area contributed by atoms with Gasteiger partial charge >= 0.3 is 5.97 Å². The number of methoxy groups -OCH3 is 1. The van der Waals surface area contributed by atoms with Crippen LogP contribution in [0.3, 0.4) is 0 Å². The van der Waals surface area contributed by atoms with E-state index in [0.29, 0.717) is 45.3 Å². The quantitative estimate of drug-likeness (QED) is 0.114. The van der Waals surface area contributed by atoms with Crippen LogP contribution in [0.4, 0.5) is 0 Å². The molecule has 5 atom stereocenters. The van der Waals surface area contributed by atoms with E-state index in [0.717, 1.165) is 75.2 Å². The van der Waals surface area contributed by atoms with Crippen LogP contribution in [0.2, 0.25) is 0 Å². The number of nitrogens with one attached hydrogen (secondary N) is 2. The molecule has 15 nitrogen and oxygen atoms in total. The summed E-state index contributed by atoms with van der Waals surface area (Å²) in [6, 6.07) is 14.2. The largest absolute Gasteiger partial charge is 0.464 e. The fourth-order valence-electron chi connectivity index (χ4n) is 11.1. The summed E-state index contributed by atoms with van der Waals surface area (Å²) in [4.78, 5) is 80.4. The number of hydrazine groups is 1. The third-order valence-electron chi connectivity index (χ3n) is 15.2. The van der Waals surface area contributed by atoms with Gasteiger partial charge in [-0.2, -0.15) is 67.5 Å². The zero-order valence-corrected chi connectivity index (χ0v) is 51.3. The topological polar surface area (TPSA) is 159 Å². The van der Waals surface area contributed by atoms with E-state index in [9.17, 15) is 24.0 Å². The third kappa shape index (κ3) is 14.7. The van der Waals surface area contributed by atoms with Crippen molar-refractivity contribution < 1.29 is 33.4 Å². The molecule has 0 aliphatic carbocycles. The predicted octanol–water partition coefficient (Wildman–Crippen LogP) is 7.55. The molecule has 2 saturated heterocycles. The summed E-state index contributed by atoms with van der Waals surface area (Å²) in [5, 5.41) is 5.61. The Morgan fingerprint density at radius 2 is 1.71 bits per heavy atom. The molecular weight excluding hydrogens is 1070 g/mol. The van der Waals surface area contributed by atoms with Crippen LogP contribution < -0.4 is 10.7 Å². The van der Waals surface area contributed by atoms with Crippen molar-refractivity contribution in [2.24, 2.45) is 17.3 Å². The molecule has 6 bridgehead atoms. The van der Waals surface area contributed by atoms with Gasteiger partial charge in [-0.05, 0) is 117 Å². The van der Waals surface area contributed by atoms with Crippen molar-refractivity contribution in [1.29, 1.82) is 0 Å². The Morgan fingerprint density at radius 3 is 2.38 bits per heavy atom. The number of pyridine rings is 1. The van der Waals surface area contributed by atoms with Crippen molar-refractivity contribution in [2.75, 3.05) is 60.5 Å². The van der Waals surface area contributed by atoms with Gasteiger partial charge in [-0.3, -0.25) is 34.0 Å². The summed E-state index contributed by atoms with van der Waals surface area (Å²) in [5.74, 6) is -2.57. The average molecular weight is 1150 g/mol. The van der Waals surface area contributed by atoms with Gasteiger partial charge in [0.25, 0.3) is 5.91 Å². The minimum atomic E-state index is -1.06. The molecule has 2 aromatic heterocycles. The number of aromatic nitrogens is 2. The fourth-order valence-corrected chi connectivity index (χ4v) is 11.1. The van der Waals surface area contributed by atoms with Crippen LogP contribution in [0.1, 0.15) is 95.7 Å². The molecule has 2 N–H and O–H groups in total. The molecule has 2 fully saturated rings. The third-order valence-corrected chi connectivity index (χ3v) is 15.2. The zero-order chi connectivity index (χ0) is 51.6. The van der Waals surface area contributed by atoms with Crippen molar-refractivity contribution >= 4 is 114 Å². The number of carbonyl (C=O) groups is 5. The van der Waals surface area contributed by atoms with Gasteiger partial charge in [-0.1, -0.05) is 70.7 Å². The number of hydrogen-bond acceptors (Lipinski definition) is 10. The first-order chi connectivity index (χ1) is 34.4. The molecule has 6 heterocycles. The van der Waals surface area contributed by atoms with E-state index in [-0.39, 0.29) is 111 Å². The highest BCUT2D eigenvalue weighted by Gasteiger charge is 2.40. The Balaban J connectivity index is 0.00000312. The van der Waals surface area contributed by atoms with Gasteiger partial charge in [-0.25, -0.2) is 5.43 Å². The average Bonchev–Trinajstić information content (AvgIpc) is 3.99. The second-order valence-corrected chi connectivity index (χ2v) is 21.4. The van der Waals surface area contributed by atoms with E-state index >= 15 is 0 Å². The van der Waals surface area contributed by atoms with Crippen molar-refractivity contribution in [3.63, 3.8) is 0 Å². The first kappa shape index (κ1) is 66.9. The van der Waals surface area contributed by atoms with Crippen LogP contribution >= 0.6 is 67.5 Å². The van der Waals surface area contributed by atoms with Crippen LogP contribution in [0.5, 0.6) is 0 Å². The number of fused-ring (bicyclic) bond motifs is 6. The summed E-state index contributed by atoms with van der Waals surface area (Å²) in [7, 11) is 5.47. The van der Waals surface area contributed by atoms with Gasteiger partial charge in [0.15, 0.2) is 0 Å². The van der Waals surface area contributed by atoms with E-state index in [1.807, 2.05) is 39.1 Å². The van der Waals surface area contributed by atoms with Gasteiger partial charge < -0.3 is 34.1 Å². The van der Waals surface area contributed by atoms with Gasteiger partial charge in [0, 0.05) is 87.9 Å². The van der Waals surface area contributed by atoms with Gasteiger partial charge in [0.1, 0.15) is 18.1 Å². The zero-order valence-electron chi connectivity index (χ0n) is 46.3. The fraction of sp³-hybridized carbons (Fsp3) is 0.509. The lowest BCUT2D eigenvalue weighted by Gasteiger charge is -2.37.